The van der Waals surface area contributed by atoms with Crippen LogP contribution in [0, 0.1) is 20.8 Å². The van der Waals surface area contributed by atoms with Crippen LogP contribution >= 0.6 is 11.6 Å². The third-order valence-electron chi connectivity index (χ3n) is 3.08. The molecule has 0 spiro atoms. The summed E-state index contributed by atoms with van der Waals surface area (Å²) in [5, 5.41) is 0. The summed E-state index contributed by atoms with van der Waals surface area (Å²) < 4.78 is 2.02. The lowest BCUT2D eigenvalue weighted by atomic mass is 10.1. The van der Waals surface area contributed by atoms with Crippen LogP contribution in [0.15, 0.2) is 35.3 Å². The molecule has 1 aromatic heterocycles. The lowest BCUT2D eigenvalue weighted by molar-refractivity contribution is 0.944. The van der Waals surface area contributed by atoms with Crippen molar-refractivity contribution in [2.24, 2.45) is 0 Å². The number of pyridine rings is 1. The maximum atomic E-state index is 11.7. The molecule has 2 nitrogen and oxygen atoms in total. The standard InChI is InChI=1S/C15H16ClNO/c1-10-4-5-14(11(2)6-10)17-9-13(8-16)15(18)7-12(17)3/h4-7,9H,8H2,1-3H3. The van der Waals surface area contributed by atoms with Gasteiger partial charge in [0.05, 0.1) is 5.88 Å². The van der Waals surface area contributed by atoms with Crippen LogP contribution in [-0.4, -0.2) is 4.57 Å². The summed E-state index contributed by atoms with van der Waals surface area (Å²) in [5.74, 6) is 0.240. The molecular formula is C15H16ClNO. The average molecular weight is 262 g/mol. The van der Waals surface area contributed by atoms with Crippen molar-refractivity contribution >= 4 is 11.6 Å². The molecule has 0 radical (unpaired) electrons. The van der Waals surface area contributed by atoms with Gasteiger partial charge < -0.3 is 4.57 Å². The predicted molar refractivity (Wildman–Crippen MR) is 75.8 cm³/mol. The van der Waals surface area contributed by atoms with Crippen LogP contribution < -0.4 is 5.43 Å². The van der Waals surface area contributed by atoms with E-state index in [0.29, 0.717) is 5.56 Å². The summed E-state index contributed by atoms with van der Waals surface area (Å²) in [7, 11) is 0. The van der Waals surface area contributed by atoms with E-state index >= 15 is 0 Å². The smallest absolute Gasteiger partial charge is 0.186 e. The summed E-state index contributed by atoms with van der Waals surface area (Å²) in [4.78, 5) is 11.7. The van der Waals surface area contributed by atoms with E-state index < -0.39 is 0 Å². The molecule has 0 aliphatic rings. The van der Waals surface area contributed by atoms with Crippen molar-refractivity contribution in [1.29, 1.82) is 0 Å². The highest BCUT2D eigenvalue weighted by atomic mass is 35.5. The minimum atomic E-state index is 0.00325. The molecule has 0 bridgehead atoms. The zero-order valence-electron chi connectivity index (χ0n) is 10.8. The molecule has 0 amide bonds. The molecule has 0 fully saturated rings. The molecular weight excluding hydrogens is 246 g/mol. The van der Waals surface area contributed by atoms with Crippen LogP contribution in [0.3, 0.4) is 0 Å². The average Bonchev–Trinajstić information content (AvgIpc) is 2.30. The summed E-state index contributed by atoms with van der Waals surface area (Å²) in [5.41, 5.74) is 5.05. The fourth-order valence-electron chi connectivity index (χ4n) is 2.11. The molecule has 0 atom stereocenters. The maximum Gasteiger partial charge on any atom is 0.186 e. The normalized spacial score (nSPS) is 10.7. The zero-order valence-corrected chi connectivity index (χ0v) is 11.6. The van der Waals surface area contributed by atoms with E-state index in [-0.39, 0.29) is 11.3 Å². The zero-order chi connectivity index (χ0) is 13.3. The van der Waals surface area contributed by atoms with Crippen LogP contribution in [0.25, 0.3) is 5.69 Å². The van der Waals surface area contributed by atoms with Gasteiger partial charge in [-0.15, -0.1) is 11.6 Å². The molecule has 0 aliphatic carbocycles. The van der Waals surface area contributed by atoms with Crippen LogP contribution in [0.4, 0.5) is 0 Å². The maximum absolute atomic E-state index is 11.7. The van der Waals surface area contributed by atoms with Gasteiger partial charge in [0, 0.05) is 29.2 Å². The van der Waals surface area contributed by atoms with Crippen molar-refractivity contribution in [2.45, 2.75) is 26.7 Å². The summed E-state index contributed by atoms with van der Waals surface area (Å²) in [6, 6.07) is 7.91. The Labute approximate surface area is 112 Å². The molecule has 1 aromatic carbocycles. The highest BCUT2D eigenvalue weighted by Gasteiger charge is 2.07. The fourth-order valence-corrected chi connectivity index (χ4v) is 2.31. The monoisotopic (exact) mass is 261 g/mol. The first kappa shape index (κ1) is 12.9. The molecule has 0 saturated carbocycles. The fraction of sp³-hybridized carbons (Fsp3) is 0.267. The van der Waals surface area contributed by atoms with Gasteiger partial charge in [0.15, 0.2) is 5.43 Å². The first-order valence-electron chi connectivity index (χ1n) is 5.88. The molecule has 94 valence electrons. The minimum absolute atomic E-state index is 0.00325. The van der Waals surface area contributed by atoms with E-state index in [1.807, 2.05) is 17.7 Å². The SMILES string of the molecule is Cc1ccc(-n2cc(CCl)c(=O)cc2C)c(C)c1. The molecule has 3 heteroatoms. The van der Waals surface area contributed by atoms with Gasteiger partial charge in [0.1, 0.15) is 0 Å². The Balaban J connectivity index is 2.67. The quantitative estimate of drug-likeness (QED) is 0.759. The molecule has 0 saturated heterocycles. The largest absolute Gasteiger partial charge is 0.320 e. The number of rotatable bonds is 2. The molecule has 0 N–H and O–H groups in total. The number of aryl methyl sites for hydroxylation is 3. The van der Waals surface area contributed by atoms with Crippen LogP contribution in [-0.2, 0) is 5.88 Å². The molecule has 0 unspecified atom stereocenters. The first-order valence-corrected chi connectivity index (χ1v) is 6.42. The van der Waals surface area contributed by atoms with E-state index in [1.54, 1.807) is 6.07 Å². The van der Waals surface area contributed by atoms with Crippen LogP contribution in [0.2, 0.25) is 0 Å². The van der Waals surface area contributed by atoms with Crippen molar-refractivity contribution in [2.75, 3.05) is 0 Å². The van der Waals surface area contributed by atoms with Crippen LogP contribution in [0.1, 0.15) is 22.4 Å². The number of hydrogen-bond donors (Lipinski definition) is 0. The lowest BCUT2D eigenvalue weighted by Gasteiger charge is -2.15. The second-order valence-electron chi connectivity index (χ2n) is 4.60. The number of alkyl halides is 1. The van der Waals surface area contributed by atoms with Gasteiger partial charge in [0.2, 0.25) is 0 Å². The van der Waals surface area contributed by atoms with Crippen LogP contribution in [0.5, 0.6) is 0 Å². The number of nitrogens with zero attached hydrogens (tertiary/aromatic N) is 1. The van der Waals surface area contributed by atoms with Crippen molar-refractivity contribution in [3.05, 3.63) is 63.1 Å². The molecule has 1 heterocycles. The highest BCUT2D eigenvalue weighted by Crippen LogP contribution is 2.17. The van der Waals surface area contributed by atoms with Crippen molar-refractivity contribution in [1.82, 2.24) is 4.57 Å². The van der Waals surface area contributed by atoms with Gasteiger partial charge in [-0.05, 0) is 32.4 Å². The third kappa shape index (κ3) is 2.34. The Bertz CT molecular complexity index is 643. The van der Waals surface area contributed by atoms with Crippen molar-refractivity contribution in [3.63, 3.8) is 0 Å². The van der Waals surface area contributed by atoms with E-state index in [9.17, 15) is 4.79 Å². The van der Waals surface area contributed by atoms with Gasteiger partial charge in [-0.3, -0.25) is 4.79 Å². The minimum Gasteiger partial charge on any atom is -0.320 e. The Morgan fingerprint density at radius 3 is 2.50 bits per heavy atom. The summed E-state index contributed by atoms with van der Waals surface area (Å²) in [6.07, 6.45) is 1.84. The Kier molecular flexibility index (Phi) is 3.58. The summed E-state index contributed by atoms with van der Waals surface area (Å²) >= 11 is 5.80. The number of aromatic nitrogens is 1. The first-order chi connectivity index (χ1) is 8.52. The number of halogens is 1. The third-order valence-corrected chi connectivity index (χ3v) is 3.37. The Hall–Kier alpha value is -1.54. The molecule has 18 heavy (non-hydrogen) atoms. The second kappa shape index (κ2) is 4.99. The van der Waals surface area contributed by atoms with Gasteiger partial charge >= 0.3 is 0 Å². The van der Waals surface area contributed by atoms with E-state index in [0.717, 1.165) is 11.4 Å². The second-order valence-corrected chi connectivity index (χ2v) is 4.87. The van der Waals surface area contributed by atoms with E-state index in [2.05, 4.69) is 32.0 Å². The molecule has 2 rings (SSSR count). The lowest BCUT2D eigenvalue weighted by Crippen LogP contribution is -2.13. The predicted octanol–water partition coefficient (Wildman–Crippen LogP) is 3.50. The van der Waals surface area contributed by atoms with Crippen molar-refractivity contribution in [3.8, 4) is 5.69 Å². The number of hydrogen-bond acceptors (Lipinski definition) is 1. The van der Waals surface area contributed by atoms with E-state index in [4.69, 9.17) is 11.6 Å². The Morgan fingerprint density at radius 1 is 1.17 bits per heavy atom. The van der Waals surface area contributed by atoms with Gasteiger partial charge in [-0.1, -0.05) is 17.7 Å². The van der Waals surface area contributed by atoms with Gasteiger partial charge in [-0.2, -0.15) is 0 Å². The topological polar surface area (TPSA) is 22.0 Å². The van der Waals surface area contributed by atoms with Gasteiger partial charge in [-0.25, -0.2) is 0 Å². The van der Waals surface area contributed by atoms with E-state index in [1.165, 1.54) is 11.1 Å². The Morgan fingerprint density at radius 2 is 1.89 bits per heavy atom. The van der Waals surface area contributed by atoms with Crippen molar-refractivity contribution < 1.29 is 0 Å². The molecule has 2 aromatic rings. The molecule has 0 aliphatic heterocycles. The van der Waals surface area contributed by atoms with Gasteiger partial charge in [0.25, 0.3) is 0 Å². The highest BCUT2D eigenvalue weighted by molar-refractivity contribution is 6.17. The summed E-state index contributed by atoms with van der Waals surface area (Å²) in [6.45, 7) is 6.07. The number of benzene rings is 1.